The third kappa shape index (κ3) is 2.64. The molecule has 2 rings (SSSR count). The number of hydrogen-bond acceptors (Lipinski definition) is 2. The number of para-hydroxylation sites is 1. The van der Waals surface area contributed by atoms with Gasteiger partial charge in [-0.05, 0) is 44.5 Å². The highest BCUT2D eigenvalue weighted by Gasteiger charge is 2.42. The van der Waals surface area contributed by atoms with Gasteiger partial charge in [0.25, 0.3) is 5.92 Å². The molecule has 4 heteroatoms. The molecular weight excluding hydrogens is 236 g/mol. The lowest BCUT2D eigenvalue weighted by atomic mass is 9.88. The number of hydrogen-bond donors (Lipinski definition) is 1. The molecule has 1 atom stereocenters. The van der Waals surface area contributed by atoms with Crippen molar-refractivity contribution in [3.63, 3.8) is 0 Å². The average Bonchev–Trinajstić information content (AvgIpc) is 2.68. The van der Waals surface area contributed by atoms with Gasteiger partial charge < -0.3 is 10.1 Å². The molecule has 1 aliphatic rings. The summed E-state index contributed by atoms with van der Waals surface area (Å²) in [5.74, 6) is -3.15. The van der Waals surface area contributed by atoms with Crippen molar-refractivity contribution >= 4 is 0 Å². The highest BCUT2D eigenvalue weighted by molar-refractivity contribution is 5.37. The number of nitrogens with one attached hydrogen (secondary N) is 1. The van der Waals surface area contributed by atoms with E-state index in [4.69, 9.17) is 4.74 Å². The lowest BCUT2D eigenvalue weighted by Crippen LogP contribution is -2.27. The number of benzene rings is 1. The first-order valence-electron chi connectivity index (χ1n) is 6.38. The number of methoxy groups -OCH3 is 1. The standard InChI is InChI=1S/C14H19F2NO/c1-18-13-7-3-2-6-12(13)14(15,16)11-5-4-9-17-10-8-11/h2-3,6-7,11,17H,4-5,8-10H2,1H3. The third-order valence-corrected chi connectivity index (χ3v) is 3.55. The molecule has 0 aliphatic carbocycles. The van der Waals surface area contributed by atoms with Gasteiger partial charge in [0.1, 0.15) is 5.75 Å². The van der Waals surface area contributed by atoms with Crippen molar-refractivity contribution in [1.82, 2.24) is 5.32 Å². The van der Waals surface area contributed by atoms with Crippen LogP contribution in [0.4, 0.5) is 8.78 Å². The molecule has 0 amide bonds. The van der Waals surface area contributed by atoms with Crippen molar-refractivity contribution in [3.05, 3.63) is 29.8 Å². The summed E-state index contributed by atoms with van der Waals surface area (Å²) in [5.41, 5.74) is 0.0133. The van der Waals surface area contributed by atoms with E-state index in [1.807, 2.05) is 0 Å². The van der Waals surface area contributed by atoms with E-state index in [1.165, 1.54) is 13.2 Å². The highest BCUT2D eigenvalue weighted by Crippen LogP contribution is 2.44. The zero-order chi connectivity index (χ0) is 13.0. The quantitative estimate of drug-likeness (QED) is 0.895. The van der Waals surface area contributed by atoms with E-state index in [2.05, 4.69) is 5.32 Å². The number of alkyl halides is 2. The van der Waals surface area contributed by atoms with Crippen molar-refractivity contribution in [2.24, 2.45) is 5.92 Å². The zero-order valence-electron chi connectivity index (χ0n) is 10.6. The van der Waals surface area contributed by atoms with Crippen LogP contribution in [0.5, 0.6) is 5.75 Å². The van der Waals surface area contributed by atoms with Crippen molar-refractivity contribution in [2.45, 2.75) is 25.2 Å². The van der Waals surface area contributed by atoms with Crippen molar-refractivity contribution < 1.29 is 13.5 Å². The molecule has 0 spiro atoms. The Morgan fingerprint density at radius 2 is 2.00 bits per heavy atom. The molecule has 18 heavy (non-hydrogen) atoms. The summed E-state index contributed by atoms with van der Waals surface area (Å²) in [6, 6.07) is 6.42. The average molecular weight is 255 g/mol. The van der Waals surface area contributed by atoms with Crippen LogP contribution in [-0.2, 0) is 5.92 Å². The van der Waals surface area contributed by atoms with Gasteiger partial charge in [-0.15, -0.1) is 0 Å². The molecule has 100 valence electrons. The smallest absolute Gasteiger partial charge is 0.279 e. The van der Waals surface area contributed by atoms with Gasteiger partial charge in [-0.25, -0.2) is 8.78 Å². The van der Waals surface area contributed by atoms with Gasteiger partial charge >= 0.3 is 0 Å². The van der Waals surface area contributed by atoms with Crippen LogP contribution in [0.15, 0.2) is 24.3 Å². The van der Waals surface area contributed by atoms with E-state index in [0.29, 0.717) is 19.4 Å². The van der Waals surface area contributed by atoms with Gasteiger partial charge in [-0.3, -0.25) is 0 Å². The van der Waals surface area contributed by atoms with E-state index in [9.17, 15) is 8.78 Å². The fraction of sp³-hybridized carbons (Fsp3) is 0.571. The third-order valence-electron chi connectivity index (χ3n) is 3.55. The number of ether oxygens (including phenoxy) is 1. The van der Waals surface area contributed by atoms with Crippen LogP contribution >= 0.6 is 0 Å². The predicted molar refractivity (Wildman–Crippen MR) is 67.1 cm³/mol. The maximum absolute atomic E-state index is 14.6. The molecule has 1 aromatic carbocycles. The normalized spacial score (nSPS) is 21.4. The Kier molecular flexibility index (Phi) is 4.17. The topological polar surface area (TPSA) is 21.3 Å². The molecule has 1 aliphatic heterocycles. The molecule has 1 fully saturated rings. The Bertz CT molecular complexity index is 387. The first-order valence-corrected chi connectivity index (χ1v) is 6.38. The molecule has 0 saturated carbocycles. The molecule has 2 nitrogen and oxygen atoms in total. The largest absolute Gasteiger partial charge is 0.496 e. The minimum Gasteiger partial charge on any atom is -0.496 e. The van der Waals surface area contributed by atoms with Crippen LogP contribution in [0.1, 0.15) is 24.8 Å². The molecule has 0 bridgehead atoms. The van der Waals surface area contributed by atoms with Gasteiger partial charge in [-0.2, -0.15) is 0 Å². The summed E-state index contributed by atoms with van der Waals surface area (Å²) in [4.78, 5) is 0. The summed E-state index contributed by atoms with van der Waals surface area (Å²) in [6.45, 7) is 1.49. The first kappa shape index (κ1) is 13.3. The fourth-order valence-corrected chi connectivity index (χ4v) is 2.52. The maximum Gasteiger partial charge on any atom is 0.279 e. The summed E-state index contributed by atoms with van der Waals surface area (Å²) in [5, 5.41) is 3.16. The lowest BCUT2D eigenvalue weighted by molar-refractivity contribution is -0.0709. The minimum absolute atomic E-state index is 0.0133. The Balaban J connectivity index is 2.27. The monoisotopic (exact) mass is 255 g/mol. The van der Waals surface area contributed by atoms with Crippen molar-refractivity contribution in [2.75, 3.05) is 20.2 Å². The molecular formula is C14H19F2NO. The first-order chi connectivity index (χ1) is 8.66. The molecule has 1 aromatic rings. The Morgan fingerprint density at radius 3 is 2.78 bits per heavy atom. The van der Waals surface area contributed by atoms with Gasteiger partial charge in [0.15, 0.2) is 0 Å². The summed E-state index contributed by atoms with van der Waals surface area (Å²) in [7, 11) is 1.43. The Hall–Kier alpha value is -1.16. The second-order valence-corrected chi connectivity index (χ2v) is 4.70. The summed E-state index contributed by atoms with van der Waals surface area (Å²) in [6.07, 6.45) is 1.86. The minimum atomic E-state index is -2.82. The van der Waals surface area contributed by atoms with Crippen LogP contribution in [0.2, 0.25) is 0 Å². The molecule has 1 heterocycles. The Morgan fingerprint density at radius 1 is 1.22 bits per heavy atom. The second kappa shape index (κ2) is 5.65. The van der Waals surface area contributed by atoms with Crippen molar-refractivity contribution in [1.29, 1.82) is 0 Å². The fourth-order valence-electron chi connectivity index (χ4n) is 2.52. The lowest BCUT2D eigenvalue weighted by Gasteiger charge is -2.27. The van der Waals surface area contributed by atoms with Gasteiger partial charge in [0, 0.05) is 5.92 Å². The number of halogens is 2. The molecule has 0 radical (unpaired) electrons. The molecule has 1 unspecified atom stereocenters. The van der Waals surface area contributed by atoms with E-state index in [0.717, 1.165) is 13.0 Å². The van der Waals surface area contributed by atoms with Crippen LogP contribution in [-0.4, -0.2) is 20.2 Å². The van der Waals surface area contributed by atoms with Crippen LogP contribution < -0.4 is 10.1 Å². The van der Waals surface area contributed by atoms with E-state index < -0.39 is 11.8 Å². The zero-order valence-corrected chi connectivity index (χ0v) is 10.6. The second-order valence-electron chi connectivity index (χ2n) is 4.70. The van der Waals surface area contributed by atoms with Crippen molar-refractivity contribution in [3.8, 4) is 5.75 Å². The van der Waals surface area contributed by atoms with Gasteiger partial charge in [-0.1, -0.05) is 12.1 Å². The summed E-state index contributed by atoms with van der Waals surface area (Å²) < 4.78 is 34.2. The van der Waals surface area contributed by atoms with E-state index >= 15 is 0 Å². The predicted octanol–water partition coefficient (Wildman–Crippen LogP) is 3.18. The van der Waals surface area contributed by atoms with Crippen LogP contribution in [0, 0.1) is 5.92 Å². The summed E-state index contributed by atoms with van der Waals surface area (Å²) >= 11 is 0. The van der Waals surface area contributed by atoms with Gasteiger partial charge in [0.2, 0.25) is 0 Å². The number of rotatable bonds is 3. The molecule has 1 N–H and O–H groups in total. The van der Waals surface area contributed by atoms with Gasteiger partial charge in [0.05, 0.1) is 12.7 Å². The highest BCUT2D eigenvalue weighted by atomic mass is 19.3. The van der Waals surface area contributed by atoms with E-state index in [1.54, 1.807) is 18.2 Å². The van der Waals surface area contributed by atoms with Crippen LogP contribution in [0.25, 0.3) is 0 Å². The van der Waals surface area contributed by atoms with Crippen LogP contribution in [0.3, 0.4) is 0 Å². The van der Waals surface area contributed by atoms with E-state index in [-0.39, 0.29) is 11.3 Å². The maximum atomic E-state index is 14.6. The molecule has 1 saturated heterocycles. The Labute approximate surface area is 106 Å². The SMILES string of the molecule is COc1ccccc1C(F)(F)C1CCCNCC1. The molecule has 0 aromatic heterocycles.